The number of hydrogen-bond donors (Lipinski definition) is 1. The Balaban J connectivity index is 2.69. The third-order valence-corrected chi connectivity index (χ3v) is 4.26. The van der Waals surface area contributed by atoms with Crippen LogP contribution in [0.4, 0.5) is 0 Å². The van der Waals surface area contributed by atoms with Gasteiger partial charge in [-0.15, -0.1) is 11.3 Å². The smallest absolute Gasteiger partial charge is 0.0794 e. The van der Waals surface area contributed by atoms with E-state index in [0.29, 0.717) is 11.3 Å². The molecule has 1 atom stereocenters. The van der Waals surface area contributed by atoms with Gasteiger partial charge in [-0.3, -0.25) is 4.98 Å². The third-order valence-electron chi connectivity index (χ3n) is 3.48. The van der Waals surface area contributed by atoms with Crippen LogP contribution in [0.5, 0.6) is 0 Å². The molecule has 0 saturated carbocycles. The second kappa shape index (κ2) is 5.49. The number of hydrogen-bond acceptors (Lipinski definition) is 3. The molecule has 2 nitrogen and oxygen atoms in total. The first-order chi connectivity index (χ1) is 7.73. The van der Waals surface area contributed by atoms with Crippen molar-refractivity contribution in [1.29, 1.82) is 0 Å². The lowest BCUT2D eigenvalue weighted by molar-refractivity contribution is 0.189. The van der Waals surface area contributed by atoms with E-state index < -0.39 is 0 Å². The van der Waals surface area contributed by atoms with Gasteiger partial charge in [0.2, 0.25) is 0 Å². The van der Waals surface area contributed by atoms with Gasteiger partial charge in [-0.1, -0.05) is 20.8 Å². The van der Waals surface area contributed by atoms with E-state index in [9.17, 15) is 0 Å². The molecular weight excluding hydrogens is 228 g/mol. The van der Waals surface area contributed by atoms with Crippen molar-refractivity contribution in [1.82, 2.24) is 10.3 Å². The molecule has 0 aliphatic heterocycles. The summed E-state index contributed by atoms with van der Waals surface area (Å²) in [7, 11) is 0. The Hall–Kier alpha value is -0.410. The molecule has 0 amide bonds. The van der Waals surface area contributed by atoms with Gasteiger partial charge in [0.15, 0.2) is 0 Å². The molecule has 1 aromatic rings. The molecule has 1 N–H and O–H groups in total. The Morgan fingerprint density at radius 3 is 2.35 bits per heavy atom. The zero-order valence-corrected chi connectivity index (χ0v) is 12.8. The predicted octanol–water partition coefficient (Wildman–Crippen LogP) is 3.74. The summed E-state index contributed by atoms with van der Waals surface area (Å²) in [6, 6.07) is 0. The fourth-order valence-electron chi connectivity index (χ4n) is 1.67. The molecule has 1 rings (SSSR count). The number of nitrogens with zero attached hydrogens (tertiary/aromatic N) is 1. The molecule has 0 spiro atoms. The van der Waals surface area contributed by atoms with Gasteiger partial charge in [0.25, 0.3) is 0 Å². The SMILES string of the molecule is CC(C)C(C)(CNC(C)(C)C)Cc1cncs1. The van der Waals surface area contributed by atoms with Crippen LogP contribution in [0, 0.1) is 11.3 Å². The minimum atomic E-state index is 0.184. The molecule has 0 bridgehead atoms. The maximum atomic E-state index is 4.17. The van der Waals surface area contributed by atoms with Crippen molar-refractivity contribution in [3.63, 3.8) is 0 Å². The molecule has 3 heteroatoms. The molecule has 0 saturated heterocycles. The van der Waals surface area contributed by atoms with Crippen LogP contribution in [0.15, 0.2) is 11.7 Å². The summed E-state index contributed by atoms with van der Waals surface area (Å²) in [6.07, 6.45) is 3.11. The summed E-state index contributed by atoms with van der Waals surface area (Å²) < 4.78 is 0. The lowest BCUT2D eigenvalue weighted by Crippen LogP contribution is -2.45. The Morgan fingerprint density at radius 1 is 1.29 bits per heavy atom. The maximum Gasteiger partial charge on any atom is 0.0794 e. The molecule has 1 aromatic heterocycles. The third kappa shape index (κ3) is 4.76. The fourth-order valence-corrected chi connectivity index (χ4v) is 2.46. The van der Waals surface area contributed by atoms with Gasteiger partial charge < -0.3 is 5.32 Å². The molecular formula is C14H26N2S. The van der Waals surface area contributed by atoms with E-state index in [1.54, 1.807) is 11.3 Å². The molecule has 0 radical (unpaired) electrons. The molecule has 98 valence electrons. The van der Waals surface area contributed by atoms with Crippen LogP contribution in [0.2, 0.25) is 0 Å². The summed E-state index contributed by atoms with van der Waals surface area (Å²) >= 11 is 1.76. The van der Waals surface area contributed by atoms with Crippen LogP contribution in [0.25, 0.3) is 0 Å². The lowest BCUT2D eigenvalue weighted by atomic mass is 9.75. The van der Waals surface area contributed by atoms with Gasteiger partial charge in [0.05, 0.1) is 5.51 Å². The second-order valence-corrected chi connectivity index (χ2v) is 7.53. The van der Waals surface area contributed by atoms with E-state index in [4.69, 9.17) is 0 Å². The Kier molecular flexibility index (Phi) is 4.73. The van der Waals surface area contributed by atoms with Crippen LogP contribution < -0.4 is 5.32 Å². The normalized spacial score (nSPS) is 16.2. The van der Waals surface area contributed by atoms with Crippen molar-refractivity contribution in [2.75, 3.05) is 6.54 Å². The Labute approximate surface area is 110 Å². The van der Waals surface area contributed by atoms with Gasteiger partial charge in [-0.2, -0.15) is 0 Å². The van der Waals surface area contributed by atoms with E-state index in [1.165, 1.54) is 4.88 Å². The first-order valence-electron chi connectivity index (χ1n) is 6.35. The molecule has 0 aliphatic rings. The summed E-state index contributed by atoms with van der Waals surface area (Å²) in [5.41, 5.74) is 2.40. The van der Waals surface area contributed by atoms with Crippen LogP contribution in [0.1, 0.15) is 46.4 Å². The summed E-state index contributed by atoms with van der Waals surface area (Å²) in [5.74, 6) is 0.652. The van der Waals surface area contributed by atoms with E-state index in [1.807, 2.05) is 11.7 Å². The zero-order valence-electron chi connectivity index (χ0n) is 12.0. The summed E-state index contributed by atoms with van der Waals surface area (Å²) in [6.45, 7) is 14.7. The van der Waals surface area contributed by atoms with Crippen LogP contribution in [0.3, 0.4) is 0 Å². The van der Waals surface area contributed by atoms with Gasteiger partial charge in [-0.05, 0) is 38.5 Å². The maximum absolute atomic E-state index is 4.17. The van der Waals surface area contributed by atoms with Crippen molar-refractivity contribution < 1.29 is 0 Å². The quantitative estimate of drug-likeness (QED) is 0.866. The minimum absolute atomic E-state index is 0.184. The summed E-state index contributed by atoms with van der Waals surface area (Å²) in [5, 5.41) is 3.64. The lowest BCUT2D eigenvalue weighted by Gasteiger charge is -2.36. The number of aromatic nitrogens is 1. The molecule has 0 aromatic carbocycles. The van der Waals surface area contributed by atoms with Crippen LogP contribution >= 0.6 is 11.3 Å². The highest BCUT2D eigenvalue weighted by molar-refractivity contribution is 7.09. The average Bonchev–Trinajstić information content (AvgIpc) is 2.66. The van der Waals surface area contributed by atoms with Crippen molar-refractivity contribution in [3.05, 3.63) is 16.6 Å². The molecule has 17 heavy (non-hydrogen) atoms. The second-order valence-electron chi connectivity index (χ2n) is 6.56. The van der Waals surface area contributed by atoms with E-state index in [0.717, 1.165) is 13.0 Å². The monoisotopic (exact) mass is 254 g/mol. The van der Waals surface area contributed by atoms with Crippen LogP contribution in [-0.2, 0) is 6.42 Å². The van der Waals surface area contributed by atoms with Crippen molar-refractivity contribution in [2.45, 2.75) is 53.5 Å². The highest BCUT2D eigenvalue weighted by Crippen LogP contribution is 2.32. The van der Waals surface area contributed by atoms with E-state index >= 15 is 0 Å². The van der Waals surface area contributed by atoms with Crippen molar-refractivity contribution in [3.8, 4) is 0 Å². The number of rotatable bonds is 5. The fraction of sp³-hybridized carbons (Fsp3) is 0.786. The number of thiazole rings is 1. The first-order valence-corrected chi connectivity index (χ1v) is 7.23. The molecule has 0 aliphatic carbocycles. The minimum Gasteiger partial charge on any atom is -0.312 e. The van der Waals surface area contributed by atoms with Gasteiger partial charge in [0, 0.05) is 23.2 Å². The first kappa shape index (κ1) is 14.7. The predicted molar refractivity (Wildman–Crippen MR) is 76.5 cm³/mol. The molecule has 1 unspecified atom stereocenters. The molecule has 1 heterocycles. The summed E-state index contributed by atoms with van der Waals surface area (Å²) in [4.78, 5) is 5.56. The average molecular weight is 254 g/mol. The Bertz CT molecular complexity index is 324. The highest BCUT2D eigenvalue weighted by atomic mass is 32.1. The van der Waals surface area contributed by atoms with Crippen molar-refractivity contribution in [2.24, 2.45) is 11.3 Å². The largest absolute Gasteiger partial charge is 0.312 e. The standard InChI is InChI=1S/C14H26N2S/c1-11(2)14(6,9-16-13(3,4)5)7-12-8-15-10-17-12/h8,10-11,16H,7,9H2,1-6H3. The van der Waals surface area contributed by atoms with Gasteiger partial charge in [-0.25, -0.2) is 0 Å². The van der Waals surface area contributed by atoms with Gasteiger partial charge in [0.1, 0.15) is 0 Å². The van der Waals surface area contributed by atoms with E-state index in [-0.39, 0.29) is 5.54 Å². The van der Waals surface area contributed by atoms with Gasteiger partial charge >= 0.3 is 0 Å². The Morgan fingerprint density at radius 2 is 1.94 bits per heavy atom. The topological polar surface area (TPSA) is 24.9 Å². The van der Waals surface area contributed by atoms with Crippen LogP contribution in [-0.4, -0.2) is 17.1 Å². The molecule has 0 fully saturated rings. The zero-order chi connectivity index (χ0) is 13.1. The number of nitrogens with one attached hydrogen (secondary N) is 1. The highest BCUT2D eigenvalue weighted by Gasteiger charge is 2.30. The van der Waals surface area contributed by atoms with E-state index in [2.05, 4.69) is 51.8 Å². The van der Waals surface area contributed by atoms with Crippen molar-refractivity contribution >= 4 is 11.3 Å².